The Kier molecular flexibility index (Phi) is 5.89. The van der Waals surface area contributed by atoms with Crippen LogP contribution in [0, 0.1) is 18.6 Å². The summed E-state index contributed by atoms with van der Waals surface area (Å²) in [5.74, 6) is 0.786. The highest BCUT2D eigenvalue weighted by atomic mass is 19.1. The average molecular weight is 449 g/mol. The van der Waals surface area contributed by atoms with Crippen molar-refractivity contribution in [3.63, 3.8) is 0 Å². The van der Waals surface area contributed by atoms with Gasteiger partial charge < -0.3 is 0 Å². The maximum absolute atomic E-state index is 13.7. The van der Waals surface area contributed by atoms with Gasteiger partial charge in [0.05, 0.1) is 12.6 Å². The molecule has 0 aliphatic carbocycles. The molecule has 3 aromatic rings. The van der Waals surface area contributed by atoms with E-state index in [4.69, 9.17) is 9.97 Å². The maximum atomic E-state index is 13.7. The van der Waals surface area contributed by atoms with E-state index in [-0.39, 0.29) is 30.1 Å². The molecule has 5 nitrogen and oxygen atoms in total. The highest BCUT2D eigenvalue weighted by Crippen LogP contribution is 2.35. The van der Waals surface area contributed by atoms with Gasteiger partial charge in [-0.3, -0.25) is 14.6 Å². The van der Waals surface area contributed by atoms with Crippen LogP contribution in [-0.2, 0) is 24.3 Å². The number of hydrogen-bond donors (Lipinski definition) is 0. The molecule has 1 fully saturated rings. The van der Waals surface area contributed by atoms with E-state index < -0.39 is 0 Å². The van der Waals surface area contributed by atoms with Gasteiger partial charge in [-0.05, 0) is 68.1 Å². The van der Waals surface area contributed by atoms with Gasteiger partial charge in [-0.2, -0.15) is 0 Å². The fourth-order valence-electron chi connectivity index (χ4n) is 4.87. The van der Waals surface area contributed by atoms with Crippen LogP contribution in [0.1, 0.15) is 53.5 Å². The smallest absolute Gasteiger partial charge is 0.228 e. The number of carbonyl (C=O) groups is 1. The van der Waals surface area contributed by atoms with Crippen molar-refractivity contribution >= 4 is 11.7 Å². The highest BCUT2D eigenvalue weighted by molar-refractivity contribution is 5.95. The van der Waals surface area contributed by atoms with Crippen LogP contribution in [0.2, 0.25) is 0 Å². The molecule has 1 saturated heterocycles. The summed E-state index contributed by atoms with van der Waals surface area (Å²) in [7, 11) is 0. The molecule has 0 radical (unpaired) electrons. The first kappa shape index (κ1) is 21.6. The molecule has 5 rings (SSSR count). The summed E-state index contributed by atoms with van der Waals surface area (Å²) in [6.07, 6.45) is 2.96. The number of fused-ring (bicyclic) bond motifs is 1. The van der Waals surface area contributed by atoms with Gasteiger partial charge in [-0.1, -0.05) is 24.3 Å². The van der Waals surface area contributed by atoms with E-state index in [1.165, 1.54) is 24.3 Å². The van der Waals surface area contributed by atoms with Crippen LogP contribution in [0.25, 0.3) is 0 Å². The molecule has 1 amide bonds. The van der Waals surface area contributed by atoms with E-state index in [0.717, 1.165) is 41.8 Å². The van der Waals surface area contributed by atoms with Crippen LogP contribution in [0.4, 0.5) is 14.6 Å². The minimum Gasteiger partial charge on any atom is -0.292 e. The van der Waals surface area contributed by atoms with Crippen molar-refractivity contribution in [3.8, 4) is 0 Å². The Morgan fingerprint density at radius 2 is 1.79 bits per heavy atom. The second-order valence-electron chi connectivity index (χ2n) is 8.83. The number of aromatic nitrogens is 2. The zero-order chi connectivity index (χ0) is 22.9. The van der Waals surface area contributed by atoms with E-state index in [1.54, 1.807) is 11.0 Å². The lowest BCUT2D eigenvalue weighted by molar-refractivity contribution is -0.119. The Hall–Kier alpha value is -3.19. The molecule has 33 heavy (non-hydrogen) atoms. The Morgan fingerprint density at radius 3 is 2.58 bits per heavy atom. The number of halogens is 2. The van der Waals surface area contributed by atoms with Crippen molar-refractivity contribution in [2.24, 2.45) is 0 Å². The number of rotatable bonds is 5. The summed E-state index contributed by atoms with van der Waals surface area (Å²) in [5.41, 5.74) is 3.65. The number of nitrogens with zero attached hydrogens (tertiary/aromatic N) is 4. The van der Waals surface area contributed by atoms with Gasteiger partial charge in [0.2, 0.25) is 5.91 Å². The molecule has 2 aliphatic rings. The van der Waals surface area contributed by atoms with E-state index in [2.05, 4.69) is 4.90 Å². The summed E-state index contributed by atoms with van der Waals surface area (Å²) >= 11 is 0. The first-order valence-electron chi connectivity index (χ1n) is 11.4. The summed E-state index contributed by atoms with van der Waals surface area (Å²) in [5, 5.41) is 0. The molecule has 1 unspecified atom stereocenters. The Bertz CT molecular complexity index is 1180. The highest BCUT2D eigenvalue weighted by Gasteiger charge is 2.33. The normalized spacial score (nSPS) is 18.6. The monoisotopic (exact) mass is 448 g/mol. The number of amides is 1. The van der Waals surface area contributed by atoms with Gasteiger partial charge in [-0.25, -0.2) is 18.7 Å². The van der Waals surface area contributed by atoms with Gasteiger partial charge in [-0.15, -0.1) is 0 Å². The molecule has 0 spiro atoms. The third-order valence-corrected chi connectivity index (χ3v) is 6.55. The molecule has 0 N–H and O–H groups in total. The lowest BCUT2D eigenvalue weighted by Crippen LogP contribution is -2.37. The molecule has 1 aromatic heterocycles. The Balaban J connectivity index is 1.46. The SMILES string of the molecule is Cc1nc(C2CCCN2Cc2ccc(F)cc2)nc2c1CCC(=O)N2Cc1cccc(F)c1. The molecular weight excluding hydrogens is 422 g/mol. The lowest BCUT2D eigenvalue weighted by atomic mass is 10.0. The number of benzene rings is 2. The van der Waals surface area contributed by atoms with Gasteiger partial charge in [0.1, 0.15) is 23.3 Å². The Morgan fingerprint density at radius 1 is 0.970 bits per heavy atom. The third kappa shape index (κ3) is 4.50. The maximum Gasteiger partial charge on any atom is 0.228 e. The molecule has 2 aliphatic heterocycles. The summed E-state index contributed by atoms with van der Waals surface area (Å²) in [6.45, 7) is 3.85. The standard InChI is InChI=1S/C26H26F2N4O/c1-17-22-11-12-24(33)32(16-19-4-2-5-21(28)14-19)26(22)30-25(29-17)23-6-3-13-31(23)15-18-7-9-20(27)10-8-18/h2,4-5,7-10,14,23H,3,6,11-13,15-16H2,1H3. The van der Waals surface area contributed by atoms with Gasteiger partial charge in [0.15, 0.2) is 0 Å². The number of anilines is 1. The summed E-state index contributed by atoms with van der Waals surface area (Å²) in [4.78, 5) is 26.6. The van der Waals surface area contributed by atoms with Crippen molar-refractivity contribution in [3.05, 3.63) is 88.4 Å². The van der Waals surface area contributed by atoms with Crippen LogP contribution >= 0.6 is 0 Å². The van der Waals surface area contributed by atoms with Crippen molar-refractivity contribution < 1.29 is 13.6 Å². The van der Waals surface area contributed by atoms with Crippen molar-refractivity contribution in [2.75, 3.05) is 11.4 Å². The second-order valence-corrected chi connectivity index (χ2v) is 8.83. The van der Waals surface area contributed by atoms with E-state index >= 15 is 0 Å². The molecule has 0 bridgehead atoms. The van der Waals surface area contributed by atoms with Crippen molar-refractivity contribution in [1.29, 1.82) is 0 Å². The molecule has 170 valence electrons. The fourth-order valence-corrected chi connectivity index (χ4v) is 4.87. The second kappa shape index (κ2) is 8.98. The first-order valence-corrected chi connectivity index (χ1v) is 11.4. The number of carbonyl (C=O) groups excluding carboxylic acids is 1. The first-order chi connectivity index (χ1) is 16.0. The fraction of sp³-hybridized carbons (Fsp3) is 0.346. The van der Waals surface area contributed by atoms with E-state index in [1.807, 2.05) is 25.1 Å². The minimum atomic E-state index is -0.320. The minimum absolute atomic E-state index is 0.00889. The van der Waals surface area contributed by atoms with E-state index in [9.17, 15) is 13.6 Å². The molecule has 7 heteroatoms. The van der Waals surface area contributed by atoms with Crippen LogP contribution in [0.15, 0.2) is 48.5 Å². The average Bonchev–Trinajstić information content (AvgIpc) is 3.25. The number of aryl methyl sites for hydroxylation is 1. The Labute approximate surface area is 192 Å². The lowest BCUT2D eigenvalue weighted by Gasteiger charge is -2.31. The zero-order valence-corrected chi connectivity index (χ0v) is 18.6. The summed E-state index contributed by atoms with van der Waals surface area (Å²) < 4.78 is 27.0. The summed E-state index contributed by atoms with van der Waals surface area (Å²) in [6, 6.07) is 12.9. The van der Waals surface area contributed by atoms with Crippen molar-refractivity contribution in [2.45, 2.75) is 51.7 Å². The van der Waals surface area contributed by atoms with Crippen LogP contribution < -0.4 is 4.90 Å². The van der Waals surface area contributed by atoms with Gasteiger partial charge in [0, 0.05) is 24.2 Å². The van der Waals surface area contributed by atoms with Crippen LogP contribution in [0.5, 0.6) is 0 Å². The predicted molar refractivity (Wildman–Crippen MR) is 121 cm³/mol. The number of likely N-dealkylation sites (tertiary alicyclic amines) is 1. The topological polar surface area (TPSA) is 49.3 Å². The molecule has 3 heterocycles. The van der Waals surface area contributed by atoms with Gasteiger partial charge in [0.25, 0.3) is 0 Å². The van der Waals surface area contributed by atoms with E-state index in [0.29, 0.717) is 31.0 Å². The molecule has 2 aromatic carbocycles. The van der Waals surface area contributed by atoms with Crippen LogP contribution in [0.3, 0.4) is 0 Å². The van der Waals surface area contributed by atoms with Crippen molar-refractivity contribution in [1.82, 2.24) is 14.9 Å². The number of hydrogen-bond acceptors (Lipinski definition) is 4. The third-order valence-electron chi connectivity index (χ3n) is 6.55. The quantitative estimate of drug-likeness (QED) is 0.558. The molecule has 0 saturated carbocycles. The predicted octanol–water partition coefficient (Wildman–Crippen LogP) is 4.88. The zero-order valence-electron chi connectivity index (χ0n) is 18.6. The van der Waals surface area contributed by atoms with Crippen LogP contribution in [-0.4, -0.2) is 27.3 Å². The molecular formula is C26H26F2N4O. The van der Waals surface area contributed by atoms with Gasteiger partial charge >= 0.3 is 0 Å². The molecule has 1 atom stereocenters. The largest absolute Gasteiger partial charge is 0.292 e.